The number of imidazole rings is 1. The van der Waals surface area contributed by atoms with Gasteiger partial charge in [0.1, 0.15) is 5.82 Å². The fraction of sp³-hybridized carbons (Fsp3) is 0.333. The number of nitrogens with zero attached hydrogens (tertiary/aromatic N) is 3. The van der Waals surface area contributed by atoms with Gasteiger partial charge in [-0.15, -0.1) is 0 Å². The first-order valence-electron chi connectivity index (χ1n) is 12.2. The number of anilines is 1. The molecule has 8 heteroatoms. The third-order valence-corrected chi connectivity index (χ3v) is 8.45. The average molecular weight is 491 g/mol. The summed E-state index contributed by atoms with van der Waals surface area (Å²) < 4.78 is 29.7. The Bertz CT molecular complexity index is 1490. The highest BCUT2D eigenvalue weighted by Crippen LogP contribution is 2.26. The van der Waals surface area contributed by atoms with Gasteiger partial charge in [0.05, 0.1) is 15.9 Å². The van der Waals surface area contributed by atoms with Crippen LogP contribution < -0.4 is 5.32 Å². The van der Waals surface area contributed by atoms with Crippen molar-refractivity contribution in [1.82, 2.24) is 13.9 Å². The first-order valence-corrected chi connectivity index (χ1v) is 13.7. The summed E-state index contributed by atoms with van der Waals surface area (Å²) in [6, 6.07) is 19.1. The Hall–Kier alpha value is -3.23. The lowest BCUT2D eigenvalue weighted by molar-refractivity contribution is -0.116. The molecule has 1 aliphatic rings. The van der Waals surface area contributed by atoms with Crippen molar-refractivity contribution in [3.05, 3.63) is 66.5 Å². The van der Waals surface area contributed by atoms with E-state index in [1.807, 2.05) is 48.5 Å². The smallest absolute Gasteiger partial charge is 0.243 e. The number of fused-ring (bicyclic) bond motifs is 2. The van der Waals surface area contributed by atoms with Gasteiger partial charge in [-0.1, -0.05) is 37.3 Å². The van der Waals surface area contributed by atoms with Gasteiger partial charge >= 0.3 is 0 Å². The maximum Gasteiger partial charge on any atom is 0.243 e. The van der Waals surface area contributed by atoms with Crippen LogP contribution in [0.2, 0.25) is 0 Å². The van der Waals surface area contributed by atoms with Crippen LogP contribution in [0.15, 0.2) is 65.6 Å². The van der Waals surface area contributed by atoms with E-state index in [1.165, 1.54) is 0 Å². The first kappa shape index (κ1) is 23.5. The Morgan fingerprint density at radius 2 is 1.77 bits per heavy atom. The molecule has 182 valence electrons. The van der Waals surface area contributed by atoms with Crippen LogP contribution in [0.3, 0.4) is 0 Å². The average Bonchev–Trinajstić information content (AvgIpc) is 3.52. The van der Waals surface area contributed by atoms with Crippen LogP contribution in [0.1, 0.15) is 38.4 Å². The zero-order valence-corrected chi connectivity index (χ0v) is 20.7. The van der Waals surface area contributed by atoms with Crippen molar-refractivity contribution in [2.75, 3.05) is 18.4 Å². The van der Waals surface area contributed by atoms with Crippen LogP contribution in [0, 0.1) is 0 Å². The molecule has 7 nitrogen and oxygen atoms in total. The number of carbonyl (C=O) groups excluding carboxylic acids is 1. The summed E-state index contributed by atoms with van der Waals surface area (Å²) in [5.74, 6) is 0.721. The van der Waals surface area contributed by atoms with Gasteiger partial charge in [0, 0.05) is 38.2 Å². The lowest BCUT2D eigenvalue weighted by Crippen LogP contribution is -2.27. The number of hydrogen-bond donors (Lipinski definition) is 1. The third kappa shape index (κ3) is 4.81. The minimum atomic E-state index is -3.50. The summed E-state index contributed by atoms with van der Waals surface area (Å²) in [6.07, 6.45) is 3.48. The maximum atomic E-state index is 13.0. The van der Waals surface area contributed by atoms with Crippen molar-refractivity contribution in [3.8, 4) is 0 Å². The van der Waals surface area contributed by atoms with Gasteiger partial charge in [-0.2, -0.15) is 4.31 Å². The highest BCUT2D eigenvalue weighted by molar-refractivity contribution is 7.89. The zero-order valence-electron chi connectivity index (χ0n) is 19.9. The van der Waals surface area contributed by atoms with E-state index >= 15 is 0 Å². The highest BCUT2D eigenvalue weighted by atomic mass is 32.2. The van der Waals surface area contributed by atoms with Crippen molar-refractivity contribution in [2.24, 2.45) is 0 Å². The molecule has 2 heterocycles. The van der Waals surface area contributed by atoms with Crippen molar-refractivity contribution in [1.29, 1.82) is 0 Å². The molecule has 0 spiro atoms. The number of rotatable bonds is 8. The van der Waals surface area contributed by atoms with E-state index in [0.717, 1.165) is 53.6 Å². The van der Waals surface area contributed by atoms with E-state index in [2.05, 4.69) is 16.8 Å². The number of amides is 1. The first-order chi connectivity index (χ1) is 17.0. The summed E-state index contributed by atoms with van der Waals surface area (Å²) in [5, 5.41) is 5.20. The van der Waals surface area contributed by atoms with Gasteiger partial charge in [0.15, 0.2) is 0 Å². The zero-order chi connectivity index (χ0) is 24.4. The number of benzene rings is 3. The predicted octanol–water partition coefficient (Wildman–Crippen LogP) is 4.96. The molecule has 0 atom stereocenters. The Labute approximate surface area is 205 Å². The molecular formula is C27H30N4O3S. The SMILES string of the molecule is CCCn1c(CCC(=O)Nc2ccc3ccccc3c2)nc2cc(S(=O)(=O)N3CCCC3)ccc21. The molecule has 0 saturated carbocycles. The number of sulfonamides is 1. The van der Waals surface area contributed by atoms with Crippen LogP contribution in [-0.2, 0) is 27.8 Å². The minimum Gasteiger partial charge on any atom is -0.328 e. The van der Waals surface area contributed by atoms with Crippen LogP contribution in [0.25, 0.3) is 21.8 Å². The number of aromatic nitrogens is 2. The Balaban J connectivity index is 1.34. The molecule has 1 N–H and O–H groups in total. The van der Waals surface area contributed by atoms with Crippen LogP contribution >= 0.6 is 0 Å². The maximum absolute atomic E-state index is 13.0. The Kier molecular flexibility index (Phi) is 6.58. The fourth-order valence-electron chi connectivity index (χ4n) is 4.78. The van der Waals surface area contributed by atoms with Gasteiger partial charge in [-0.05, 0) is 60.4 Å². The molecule has 1 fully saturated rings. The summed E-state index contributed by atoms with van der Waals surface area (Å²) in [4.78, 5) is 17.7. The predicted molar refractivity (Wildman–Crippen MR) is 139 cm³/mol. The Morgan fingerprint density at radius 1 is 1.00 bits per heavy atom. The molecule has 1 aromatic heterocycles. The molecule has 5 rings (SSSR count). The molecule has 1 aliphatic heterocycles. The number of carbonyl (C=O) groups is 1. The Morgan fingerprint density at radius 3 is 2.54 bits per heavy atom. The van der Waals surface area contributed by atoms with E-state index in [4.69, 9.17) is 4.98 Å². The monoisotopic (exact) mass is 490 g/mol. The van der Waals surface area contributed by atoms with E-state index < -0.39 is 10.0 Å². The third-order valence-electron chi connectivity index (χ3n) is 6.56. The van der Waals surface area contributed by atoms with Gasteiger partial charge < -0.3 is 9.88 Å². The number of hydrogen-bond acceptors (Lipinski definition) is 4. The van der Waals surface area contributed by atoms with Gasteiger partial charge in [0.2, 0.25) is 15.9 Å². The summed E-state index contributed by atoms with van der Waals surface area (Å²) in [5.41, 5.74) is 2.33. The minimum absolute atomic E-state index is 0.0762. The van der Waals surface area contributed by atoms with E-state index in [0.29, 0.717) is 31.4 Å². The second-order valence-electron chi connectivity index (χ2n) is 9.05. The lowest BCUT2D eigenvalue weighted by Gasteiger charge is -2.15. The lowest BCUT2D eigenvalue weighted by atomic mass is 10.1. The largest absolute Gasteiger partial charge is 0.328 e. The molecule has 0 aliphatic carbocycles. The molecule has 1 amide bonds. The second-order valence-corrected chi connectivity index (χ2v) is 11.0. The summed E-state index contributed by atoms with van der Waals surface area (Å²) in [6.45, 7) is 4.00. The topological polar surface area (TPSA) is 84.3 Å². The van der Waals surface area contributed by atoms with Gasteiger partial charge in [-0.25, -0.2) is 13.4 Å². The molecule has 1 saturated heterocycles. The molecule has 0 unspecified atom stereocenters. The van der Waals surface area contributed by atoms with Crippen LogP contribution in [0.5, 0.6) is 0 Å². The normalized spacial score (nSPS) is 14.7. The van der Waals surface area contributed by atoms with E-state index in [9.17, 15) is 13.2 Å². The van der Waals surface area contributed by atoms with Crippen molar-refractivity contribution in [3.63, 3.8) is 0 Å². The van der Waals surface area contributed by atoms with Crippen molar-refractivity contribution >= 4 is 43.4 Å². The summed E-state index contributed by atoms with van der Waals surface area (Å²) in [7, 11) is -3.50. The van der Waals surface area contributed by atoms with Crippen molar-refractivity contribution < 1.29 is 13.2 Å². The molecule has 3 aromatic carbocycles. The van der Waals surface area contributed by atoms with E-state index in [1.54, 1.807) is 16.4 Å². The fourth-order valence-corrected chi connectivity index (χ4v) is 6.31. The molecule has 4 aromatic rings. The molecular weight excluding hydrogens is 460 g/mol. The van der Waals surface area contributed by atoms with E-state index in [-0.39, 0.29) is 10.8 Å². The molecule has 35 heavy (non-hydrogen) atoms. The quantitative estimate of drug-likeness (QED) is 0.379. The van der Waals surface area contributed by atoms with Crippen molar-refractivity contribution in [2.45, 2.75) is 50.5 Å². The molecule has 0 radical (unpaired) electrons. The highest BCUT2D eigenvalue weighted by Gasteiger charge is 2.27. The molecule has 0 bridgehead atoms. The van der Waals surface area contributed by atoms with Gasteiger partial charge in [-0.3, -0.25) is 4.79 Å². The van der Waals surface area contributed by atoms with Crippen LogP contribution in [-0.4, -0.2) is 41.3 Å². The number of aryl methyl sites for hydroxylation is 2. The second kappa shape index (κ2) is 9.79. The number of nitrogens with one attached hydrogen (secondary N) is 1. The van der Waals surface area contributed by atoms with Crippen LogP contribution in [0.4, 0.5) is 5.69 Å². The summed E-state index contributed by atoms with van der Waals surface area (Å²) >= 11 is 0. The standard InChI is InChI=1S/C27H30N4O3S/c1-2-15-31-25-12-11-23(35(33,34)30-16-5-6-17-30)19-24(25)29-26(31)13-14-27(32)28-22-10-9-20-7-3-4-8-21(20)18-22/h3-4,7-12,18-19H,2,5-6,13-17H2,1H3,(H,28,32). The van der Waals surface area contributed by atoms with Gasteiger partial charge in [0.25, 0.3) is 0 Å².